The fourth-order valence-electron chi connectivity index (χ4n) is 3.18. The predicted octanol–water partition coefficient (Wildman–Crippen LogP) is 2.19. The molecular formula is C17H25N3O. The maximum Gasteiger partial charge on any atom is 0.0769 e. The maximum absolute atomic E-state index is 6.05. The number of aromatic amines is 1. The molecule has 0 radical (unpaired) electrons. The van der Waals surface area contributed by atoms with Crippen LogP contribution in [0.15, 0.2) is 30.5 Å². The highest BCUT2D eigenvalue weighted by Gasteiger charge is 2.27. The fourth-order valence-corrected chi connectivity index (χ4v) is 3.18. The van der Waals surface area contributed by atoms with Gasteiger partial charge in [-0.05, 0) is 38.7 Å². The van der Waals surface area contributed by atoms with Gasteiger partial charge in [0.2, 0.25) is 0 Å². The molecule has 2 aromatic rings. The highest BCUT2D eigenvalue weighted by molar-refractivity contribution is 5.83. The van der Waals surface area contributed by atoms with E-state index in [0.717, 1.165) is 32.7 Å². The fraction of sp³-hybridized carbons (Fsp3) is 0.529. The molecule has 2 N–H and O–H groups in total. The molecule has 0 bridgehead atoms. The van der Waals surface area contributed by atoms with Gasteiger partial charge in [-0.3, -0.25) is 0 Å². The van der Waals surface area contributed by atoms with Crippen molar-refractivity contribution in [2.75, 3.05) is 40.3 Å². The summed E-state index contributed by atoms with van der Waals surface area (Å²) in [6.45, 7) is 3.79. The standard InChI is InChI=1S/C17H25N3O/c1-20(2)9-7-14(17-12-18-8-10-21-17)15-11-19-16-6-4-3-5-13(15)16/h3-6,11,14,17-19H,7-10,12H2,1-2H3. The predicted molar refractivity (Wildman–Crippen MR) is 86.8 cm³/mol. The Morgan fingerprint density at radius 2 is 2.19 bits per heavy atom. The van der Waals surface area contributed by atoms with Gasteiger partial charge in [0.05, 0.1) is 12.7 Å². The van der Waals surface area contributed by atoms with Crippen molar-refractivity contribution in [1.29, 1.82) is 0 Å². The molecule has 2 atom stereocenters. The Hall–Kier alpha value is -1.36. The summed E-state index contributed by atoms with van der Waals surface area (Å²) in [6, 6.07) is 8.54. The third-order valence-electron chi connectivity index (χ3n) is 4.31. The van der Waals surface area contributed by atoms with Crippen LogP contribution in [0.2, 0.25) is 0 Å². The van der Waals surface area contributed by atoms with E-state index in [2.05, 4.69) is 59.8 Å². The van der Waals surface area contributed by atoms with Gasteiger partial charge in [-0.25, -0.2) is 0 Å². The Morgan fingerprint density at radius 3 is 2.95 bits per heavy atom. The Balaban J connectivity index is 1.89. The van der Waals surface area contributed by atoms with Crippen molar-refractivity contribution in [3.63, 3.8) is 0 Å². The molecule has 1 aromatic carbocycles. The second-order valence-electron chi connectivity index (χ2n) is 6.10. The van der Waals surface area contributed by atoms with E-state index in [1.165, 1.54) is 16.5 Å². The van der Waals surface area contributed by atoms with Crippen LogP contribution in [0, 0.1) is 0 Å². The summed E-state index contributed by atoms with van der Waals surface area (Å²) in [6.07, 6.45) is 3.54. The number of ether oxygens (including phenoxy) is 1. The first-order chi connectivity index (χ1) is 10.3. The second-order valence-corrected chi connectivity index (χ2v) is 6.10. The van der Waals surface area contributed by atoms with E-state index in [9.17, 15) is 0 Å². The van der Waals surface area contributed by atoms with E-state index in [1.807, 2.05) is 0 Å². The number of fused-ring (bicyclic) bond motifs is 1. The quantitative estimate of drug-likeness (QED) is 0.885. The summed E-state index contributed by atoms with van der Waals surface area (Å²) >= 11 is 0. The average molecular weight is 287 g/mol. The van der Waals surface area contributed by atoms with Gasteiger partial charge in [0.25, 0.3) is 0 Å². The third-order valence-corrected chi connectivity index (χ3v) is 4.31. The van der Waals surface area contributed by atoms with Gasteiger partial charge in [-0.1, -0.05) is 18.2 Å². The molecule has 114 valence electrons. The molecule has 3 rings (SSSR count). The molecule has 1 aromatic heterocycles. The van der Waals surface area contributed by atoms with E-state index in [4.69, 9.17) is 4.74 Å². The third kappa shape index (κ3) is 3.28. The van der Waals surface area contributed by atoms with Gasteiger partial charge in [-0.15, -0.1) is 0 Å². The van der Waals surface area contributed by atoms with Crippen molar-refractivity contribution < 1.29 is 4.74 Å². The maximum atomic E-state index is 6.05. The van der Waals surface area contributed by atoms with Gasteiger partial charge in [-0.2, -0.15) is 0 Å². The number of morpholine rings is 1. The zero-order valence-corrected chi connectivity index (χ0v) is 12.9. The topological polar surface area (TPSA) is 40.3 Å². The lowest BCUT2D eigenvalue weighted by Gasteiger charge is -2.31. The van der Waals surface area contributed by atoms with Crippen molar-refractivity contribution in [1.82, 2.24) is 15.2 Å². The van der Waals surface area contributed by atoms with E-state index in [-0.39, 0.29) is 6.10 Å². The minimum Gasteiger partial charge on any atom is -0.375 e. The van der Waals surface area contributed by atoms with E-state index in [1.54, 1.807) is 0 Å². The molecule has 2 unspecified atom stereocenters. The summed E-state index contributed by atoms with van der Waals surface area (Å²) in [5.41, 5.74) is 2.60. The molecule has 0 saturated carbocycles. The van der Waals surface area contributed by atoms with Crippen molar-refractivity contribution in [3.8, 4) is 0 Å². The Bertz CT molecular complexity index is 572. The zero-order valence-electron chi connectivity index (χ0n) is 12.9. The first kappa shape index (κ1) is 14.6. The van der Waals surface area contributed by atoms with Crippen LogP contribution in [0.5, 0.6) is 0 Å². The Kier molecular flexibility index (Phi) is 4.58. The van der Waals surface area contributed by atoms with Crippen LogP contribution in [-0.2, 0) is 4.74 Å². The SMILES string of the molecule is CN(C)CCC(c1c[nH]c2ccccc12)C1CNCCO1. The highest BCUT2D eigenvalue weighted by Crippen LogP contribution is 2.32. The number of hydrogen-bond donors (Lipinski definition) is 2. The summed E-state index contributed by atoms with van der Waals surface area (Å²) in [5.74, 6) is 0.427. The van der Waals surface area contributed by atoms with E-state index in [0.29, 0.717) is 5.92 Å². The van der Waals surface area contributed by atoms with Crippen LogP contribution in [0.1, 0.15) is 17.9 Å². The van der Waals surface area contributed by atoms with Crippen LogP contribution in [0.3, 0.4) is 0 Å². The van der Waals surface area contributed by atoms with Crippen LogP contribution < -0.4 is 5.32 Å². The van der Waals surface area contributed by atoms with Gasteiger partial charge < -0.3 is 19.9 Å². The lowest BCUT2D eigenvalue weighted by Crippen LogP contribution is -2.42. The van der Waals surface area contributed by atoms with Crippen molar-refractivity contribution in [2.45, 2.75) is 18.4 Å². The summed E-state index contributed by atoms with van der Waals surface area (Å²) in [5, 5.41) is 4.79. The number of benzene rings is 1. The molecule has 1 aliphatic heterocycles. The zero-order chi connectivity index (χ0) is 14.7. The van der Waals surface area contributed by atoms with E-state index < -0.39 is 0 Å². The number of aromatic nitrogens is 1. The summed E-state index contributed by atoms with van der Waals surface area (Å²) in [7, 11) is 4.26. The normalized spacial score (nSPS) is 21.0. The molecule has 0 spiro atoms. The molecule has 4 nitrogen and oxygen atoms in total. The minimum atomic E-state index is 0.262. The number of rotatable bonds is 5. The molecule has 4 heteroatoms. The number of hydrogen-bond acceptors (Lipinski definition) is 3. The smallest absolute Gasteiger partial charge is 0.0769 e. The molecule has 0 amide bonds. The first-order valence-corrected chi connectivity index (χ1v) is 7.79. The number of nitrogens with one attached hydrogen (secondary N) is 2. The molecule has 21 heavy (non-hydrogen) atoms. The van der Waals surface area contributed by atoms with Crippen molar-refractivity contribution >= 4 is 10.9 Å². The lowest BCUT2D eigenvalue weighted by molar-refractivity contribution is 0.00839. The highest BCUT2D eigenvalue weighted by atomic mass is 16.5. The molecule has 0 aliphatic carbocycles. The monoisotopic (exact) mass is 287 g/mol. The number of H-pyrrole nitrogens is 1. The van der Waals surface area contributed by atoms with Gasteiger partial charge in [0.1, 0.15) is 0 Å². The van der Waals surface area contributed by atoms with Crippen molar-refractivity contribution in [2.24, 2.45) is 0 Å². The minimum absolute atomic E-state index is 0.262. The van der Waals surface area contributed by atoms with Gasteiger partial charge in [0, 0.05) is 36.1 Å². The average Bonchev–Trinajstić information content (AvgIpc) is 2.93. The van der Waals surface area contributed by atoms with Crippen LogP contribution >= 0.6 is 0 Å². The van der Waals surface area contributed by atoms with Crippen LogP contribution in [-0.4, -0.2) is 56.3 Å². The molecular weight excluding hydrogens is 262 g/mol. The second kappa shape index (κ2) is 6.60. The largest absolute Gasteiger partial charge is 0.375 e. The first-order valence-electron chi connectivity index (χ1n) is 7.79. The summed E-state index contributed by atoms with van der Waals surface area (Å²) < 4.78 is 6.05. The molecule has 1 aliphatic rings. The van der Waals surface area contributed by atoms with Crippen LogP contribution in [0.25, 0.3) is 10.9 Å². The van der Waals surface area contributed by atoms with Crippen molar-refractivity contribution in [3.05, 3.63) is 36.0 Å². The molecule has 1 saturated heterocycles. The Morgan fingerprint density at radius 1 is 1.33 bits per heavy atom. The lowest BCUT2D eigenvalue weighted by atomic mass is 9.89. The number of nitrogens with zero attached hydrogens (tertiary/aromatic N) is 1. The van der Waals surface area contributed by atoms with E-state index >= 15 is 0 Å². The van der Waals surface area contributed by atoms with Gasteiger partial charge >= 0.3 is 0 Å². The molecule has 1 fully saturated rings. The van der Waals surface area contributed by atoms with Gasteiger partial charge in [0.15, 0.2) is 0 Å². The Labute approximate surface area is 126 Å². The summed E-state index contributed by atoms with van der Waals surface area (Å²) in [4.78, 5) is 5.65. The van der Waals surface area contributed by atoms with Crippen LogP contribution in [0.4, 0.5) is 0 Å². The number of para-hydroxylation sites is 1. The molecule has 2 heterocycles.